The molecule has 19 heavy (non-hydrogen) atoms. The van der Waals surface area contributed by atoms with Crippen LogP contribution in [0.3, 0.4) is 0 Å². The van der Waals surface area contributed by atoms with Crippen LogP contribution in [-0.2, 0) is 11.3 Å². The van der Waals surface area contributed by atoms with E-state index in [2.05, 4.69) is 29.3 Å². The van der Waals surface area contributed by atoms with E-state index in [-0.39, 0.29) is 23.7 Å². The number of aliphatic hydroxyl groups excluding tert-OH is 1. The Morgan fingerprint density at radius 2 is 2.26 bits per heavy atom. The molecule has 0 saturated heterocycles. The molecule has 108 valence electrons. The molecule has 1 aromatic heterocycles. The maximum Gasteiger partial charge on any atom is 0.223 e. The van der Waals surface area contributed by atoms with Gasteiger partial charge in [-0.2, -0.15) is 4.98 Å². The Balaban J connectivity index is 2.00. The minimum Gasteiger partial charge on any atom is -0.394 e. The second-order valence-corrected chi connectivity index (χ2v) is 5.69. The maximum atomic E-state index is 9.76. The Kier molecular flexibility index (Phi) is 3.94. The molecule has 2 unspecified atom stereocenters. The summed E-state index contributed by atoms with van der Waals surface area (Å²) in [5.41, 5.74) is -0.474. The third kappa shape index (κ3) is 2.40. The Hall–Kier alpha value is -0.980. The first-order valence-corrected chi connectivity index (χ1v) is 6.72. The molecule has 2 N–H and O–H groups in total. The van der Waals surface area contributed by atoms with Crippen molar-refractivity contribution in [3.8, 4) is 0 Å². The number of aromatic nitrogens is 2. The van der Waals surface area contributed by atoms with Crippen molar-refractivity contribution >= 4 is 0 Å². The highest BCUT2D eigenvalue weighted by Gasteiger charge is 2.60. The number of rotatable bonds is 6. The van der Waals surface area contributed by atoms with E-state index in [1.807, 2.05) is 6.92 Å². The molecule has 6 heteroatoms. The third-order valence-corrected chi connectivity index (χ3v) is 4.36. The molecular weight excluding hydrogens is 246 g/mol. The highest BCUT2D eigenvalue weighted by molar-refractivity contribution is 5.15. The van der Waals surface area contributed by atoms with Gasteiger partial charge in [0.25, 0.3) is 0 Å². The van der Waals surface area contributed by atoms with Gasteiger partial charge in [-0.3, -0.25) is 0 Å². The Morgan fingerprint density at radius 3 is 2.74 bits per heavy atom. The van der Waals surface area contributed by atoms with Crippen molar-refractivity contribution < 1.29 is 14.4 Å². The van der Waals surface area contributed by atoms with Gasteiger partial charge in [0.15, 0.2) is 5.82 Å². The zero-order chi connectivity index (χ0) is 14.1. The summed E-state index contributed by atoms with van der Waals surface area (Å²) in [6, 6.07) is 0. The van der Waals surface area contributed by atoms with Gasteiger partial charge in [-0.1, -0.05) is 19.0 Å². The molecule has 0 spiro atoms. The number of nitrogens with zero attached hydrogens (tertiary/aromatic N) is 2. The predicted octanol–water partition coefficient (Wildman–Crippen LogP) is 1.03. The van der Waals surface area contributed by atoms with Crippen LogP contribution in [0.15, 0.2) is 4.52 Å². The fourth-order valence-electron chi connectivity index (χ4n) is 2.77. The second kappa shape index (κ2) is 5.19. The largest absolute Gasteiger partial charge is 0.394 e. The Labute approximate surface area is 113 Å². The first kappa shape index (κ1) is 14.4. The standard InChI is InChI=1S/C13H23N3O3/c1-5-18-10-6-13(8-17,12(10,3)4)14-7-11-15-9(2)19-16-11/h10,14,17H,5-8H2,1-4H3. The SMILES string of the molecule is CCOC1CC(CO)(NCc2noc(C)n2)C1(C)C. The summed E-state index contributed by atoms with van der Waals surface area (Å²) < 4.78 is 10.6. The van der Waals surface area contributed by atoms with E-state index in [0.717, 1.165) is 6.42 Å². The Morgan fingerprint density at radius 1 is 1.53 bits per heavy atom. The van der Waals surface area contributed by atoms with Gasteiger partial charge in [0, 0.05) is 18.9 Å². The lowest BCUT2D eigenvalue weighted by molar-refractivity contribution is -0.178. The van der Waals surface area contributed by atoms with Crippen LogP contribution in [0.2, 0.25) is 0 Å². The first-order chi connectivity index (χ1) is 8.95. The zero-order valence-electron chi connectivity index (χ0n) is 12.1. The minimum absolute atomic E-state index is 0.0698. The van der Waals surface area contributed by atoms with Crippen LogP contribution in [0.1, 0.15) is 38.9 Å². The summed E-state index contributed by atoms with van der Waals surface area (Å²) in [7, 11) is 0. The fraction of sp³-hybridized carbons (Fsp3) is 0.846. The van der Waals surface area contributed by atoms with Gasteiger partial charge in [0.1, 0.15) is 0 Å². The monoisotopic (exact) mass is 269 g/mol. The molecule has 1 aliphatic carbocycles. The Bertz CT molecular complexity index is 433. The lowest BCUT2D eigenvalue weighted by Crippen LogP contribution is -2.73. The van der Waals surface area contributed by atoms with Crippen LogP contribution in [0.4, 0.5) is 0 Å². The molecule has 0 radical (unpaired) electrons. The van der Waals surface area contributed by atoms with Crippen LogP contribution in [0.5, 0.6) is 0 Å². The number of nitrogens with one attached hydrogen (secondary N) is 1. The van der Waals surface area contributed by atoms with Crippen molar-refractivity contribution in [2.45, 2.75) is 52.3 Å². The number of aliphatic hydroxyl groups is 1. The van der Waals surface area contributed by atoms with Crippen LogP contribution < -0.4 is 5.32 Å². The normalized spacial score (nSPS) is 29.2. The summed E-state index contributed by atoms with van der Waals surface area (Å²) >= 11 is 0. The number of aryl methyl sites for hydroxylation is 1. The molecule has 2 rings (SSSR count). The van der Waals surface area contributed by atoms with Gasteiger partial charge < -0.3 is 19.7 Å². The van der Waals surface area contributed by atoms with Crippen LogP contribution in [-0.4, -0.2) is 40.1 Å². The van der Waals surface area contributed by atoms with Gasteiger partial charge in [0.2, 0.25) is 5.89 Å². The molecule has 1 aliphatic rings. The lowest BCUT2D eigenvalue weighted by atomic mass is 9.54. The summed E-state index contributed by atoms with van der Waals surface area (Å²) in [4.78, 5) is 4.16. The van der Waals surface area contributed by atoms with E-state index in [1.165, 1.54) is 0 Å². The van der Waals surface area contributed by atoms with E-state index >= 15 is 0 Å². The highest BCUT2D eigenvalue weighted by Crippen LogP contribution is 2.51. The molecule has 1 saturated carbocycles. The van der Waals surface area contributed by atoms with Crippen molar-refractivity contribution in [3.05, 3.63) is 11.7 Å². The van der Waals surface area contributed by atoms with E-state index in [4.69, 9.17) is 9.26 Å². The van der Waals surface area contributed by atoms with Gasteiger partial charge in [0.05, 0.1) is 24.8 Å². The summed E-state index contributed by atoms with van der Waals surface area (Å²) in [6.45, 7) is 9.23. The number of ether oxygens (including phenoxy) is 1. The second-order valence-electron chi connectivity index (χ2n) is 5.69. The van der Waals surface area contributed by atoms with Gasteiger partial charge >= 0.3 is 0 Å². The van der Waals surface area contributed by atoms with E-state index < -0.39 is 0 Å². The molecule has 2 atom stereocenters. The molecule has 6 nitrogen and oxygen atoms in total. The fourth-order valence-corrected chi connectivity index (χ4v) is 2.77. The smallest absolute Gasteiger partial charge is 0.223 e. The molecular formula is C13H23N3O3. The zero-order valence-corrected chi connectivity index (χ0v) is 12.1. The molecule has 0 aromatic carbocycles. The predicted molar refractivity (Wildman–Crippen MR) is 69.5 cm³/mol. The number of hydrogen-bond acceptors (Lipinski definition) is 6. The molecule has 1 fully saturated rings. The minimum atomic E-state index is -0.346. The number of hydrogen-bond donors (Lipinski definition) is 2. The third-order valence-electron chi connectivity index (χ3n) is 4.36. The lowest BCUT2D eigenvalue weighted by Gasteiger charge is -2.60. The van der Waals surface area contributed by atoms with Crippen molar-refractivity contribution in [1.82, 2.24) is 15.5 Å². The van der Waals surface area contributed by atoms with E-state index in [0.29, 0.717) is 24.9 Å². The quantitative estimate of drug-likeness (QED) is 0.803. The summed E-state index contributed by atoms with van der Waals surface area (Å²) in [5, 5.41) is 17.0. The van der Waals surface area contributed by atoms with Crippen molar-refractivity contribution in [2.75, 3.05) is 13.2 Å². The van der Waals surface area contributed by atoms with Crippen LogP contribution in [0, 0.1) is 12.3 Å². The topological polar surface area (TPSA) is 80.4 Å². The first-order valence-electron chi connectivity index (χ1n) is 6.72. The molecule has 0 aliphatic heterocycles. The van der Waals surface area contributed by atoms with Crippen molar-refractivity contribution in [2.24, 2.45) is 5.41 Å². The maximum absolute atomic E-state index is 9.76. The van der Waals surface area contributed by atoms with Gasteiger partial charge in [-0.05, 0) is 13.3 Å². The van der Waals surface area contributed by atoms with Gasteiger partial charge in [-0.15, -0.1) is 0 Å². The van der Waals surface area contributed by atoms with Gasteiger partial charge in [-0.25, -0.2) is 0 Å². The molecule has 0 bridgehead atoms. The van der Waals surface area contributed by atoms with Crippen LogP contribution >= 0.6 is 0 Å². The average molecular weight is 269 g/mol. The van der Waals surface area contributed by atoms with Crippen LogP contribution in [0.25, 0.3) is 0 Å². The van der Waals surface area contributed by atoms with Crippen molar-refractivity contribution in [1.29, 1.82) is 0 Å². The van der Waals surface area contributed by atoms with E-state index in [1.54, 1.807) is 6.92 Å². The summed E-state index contributed by atoms with van der Waals surface area (Å²) in [6.07, 6.45) is 0.963. The highest BCUT2D eigenvalue weighted by atomic mass is 16.5. The molecule has 0 amide bonds. The molecule has 1 aromatic rings. The molecule has 1 heterocycles. The van der Waals surface area contributed by atoms with E-state index in [9.17, 15) is 5.11 Å². The summed E-state index contributed by atoms with van der Waals surface area (Å²) in [5.74, 6) is 1.16. The average Bonchev–Trinajstić information content (AvgIpc) is 2.79. The van der Waals surface area contributed by atoms with Crippen molar-refractivity contribution in [3.63, 3.8) is 0 Å².